The summed E-state index contributed by atoms with van der Waals surface area (Å²) < 4.78 is 1.84. The Morgan fingerprint density at radius 1 is 1.89 bits per heavy atom. The molecule has 50 valence electrons. The quantitative estimate of drug-likeness (QED) is 0.663. The van der Waals surface area contributed by atoms with Crippen molar-refractivity contribution in [3.05, 3.63) is 12.4 Å². The van der Waals surface area contributed by atoms with Gasteiger partial charge in [-0.2, -0.15) is 5.10 Å². The zero-order chi connectivity index (χ0) is 6.69. The van der Waals surface area contributed by atoms with Crippen LogP contribution in [0.5, 0.6) is 0 Å². The Balaban J connectivity index is 2.74. The summed E-state index contributed by atoms with van der Waals surface area (Å²) in [6.07, 6.45) is 3.67. The smallest absolute Gasteiger partial charge is 0.0638 e. The first-order chi connectivity index (χ1) is 4.36. The summed E-state index contributed by atoms with van der Waals surface area (Å²) in [6.45, 7) is 2.94. The van der Waals surface area contributed by atoms with Gasteiger partial charge in [0, 0.05) is 12.7 Å². The van der Waals surface area contributed by atoms with Gasteiger partial charge in [-0.1, -0.05) is 0 Å². The van der Waals surface area contributed by atoms with Crippen LogP contribution in [-0.4, -0.2) is 9.78 Å². The van der Waals surface area contributed by atoms with Crippen molar-refractivity contribution in [3.63, 3.8) is 0 Å². The average molecular weight is 163 g/mol. The molecule has 1 aromatic heterocycles. The number of hydrogen-bond donors (Lipinski definition) is 0. The zero-order valence-electron chi connectivity index (χ0n) is 5.04. The lowest BCUT2D eigenvalue weighted by atomic mass is 10.7. The third kappa shape index (κ3) is 1.63. The molecule has 0 atom stereocenters. The fourth-order valence-electron chi connectivity index (χ4n) is 0.557. The van der Waals surface area contributed by atoms with E-state index >= 15 is 0 Å². The van der Waals surface area contributed by atoms with E-state index in [4.69, 9.17) is 10.7 Å². The summed E-state index contributed by atoms with van der Waals surface area (Å²) in [5.74, 6) is 0. The molecule has 0 aliphatic carbocycles. The number of hydrogen-bond acceptors (Lipinski definition) is 2. The molecule has 0 radical (unpaired) electrons. The predicted octanol–water partition coefficient (Wildman–Crippen LogP) is 2.15. The van der Waals surface area contributed by atoms with E-state index in [0.29, 0.717) is 0 Å². The molecule has 4 heteroatoms. The van der Waals surface area contributed by atoms with E-state index in [-0.39, 0.29) is 0 Å². The molecular weight excluding hydrogens is 156 g/mol. The lowest BCUT2D eigenvalue weighted by Gasteiger charge is -1.88. The maximum Gasteiger partial charge on any atom is 0.0638 e. The predicted molar refractivity (Wildman–Crippen MR) is 39.6 cm³/mol. The molecule has 0 bridgehead atoms. The highest BCUT2D eigenvalue weighted by molar-refractivity contribution is 8.21. The van der Waals surface area contributed by atoms with Crippen LogP contribution < -0.4 is 0 Å². The van der Waals surface area contributed by atoms with Gasteiger partial charge in [-0.15, -0.1) is 0 Å². The van der Waals surface area contributed by atoms with E-state index < -0.39 is 0 Å². The minimum absolute atomic E-state index is 0.900. The number of rotatable bonds is 2. The monoisotopic (exact) mass is 162 g/mol. The molecule has 9 heavy (non-hydrogen) atoms. The molecular formula is C5H7ClN2S. The van der Waals surface area contributed by atoms with Gasteiger partial charge in [0.25, 0.3) is 0 Å². The topological polar surface area (TPSA) is 17.8 Å². The first kappa shape index (κ1) is 6.96. The molecule has 2 nitrogen and oxygen atoms in total. The van der Waals surface area contributed by atoms with Gasteiger partial charge in [0.15, 0.2) is 0 Å². The van der Waals surface area contributed by atoms with Crippen LogP contribution in [0.3, 0.4) is 0 Å². The van der Waals surface area contributed by atoms with Crippen molar-refractivity contribution < 1.29 is 0 Å². The molecule has 0 aromatic carbocycles. The second-order valence-electron chi connectivity index (χ2n) is 1.61. The zero-order valence-corrected chi connectivity index (χ0v) is 6.61. The molecule has 0 fully saturated rings. The fraction of sp³-hybridized carbons (Fsp3) is 0.400. The Bertz CT molecular complexity index is 168. The van der Waals surface area contributed by atoms with Crippen molar-refractivity contribution in [2.45, 2.75) is 18.4 Å². The molecule has 1 rings (SSSR count). The lowest BCUT2D eigenvalue weighted by molar-refractivity contribution is 0.659. The summed E-state index contributed by atoms with van der Waals surface area (Å²) in [5, 5.41) is 4.02. The minimum Gasteiger partial charge on any atom is -0.272 e. The van der Waals surface area contributed by atoms with Gasteiger partial charge < -0.3 is 0 Å². The minimum atomic E-state index is 0.900. The van der Waals surface area contributed by atoms with Gasteiger partial charge in [-0.05, 0) is 28.6 Å². The van der Waals surface area contributed by atoms with Gasteiger partial charge in [0.1, 0.15) is 0 Å². The van der Waals surface area contributed by atoms with Crippen LogP contribution >= 0.6 is 21.7 Å². The van der Waals surface area contributed by atoms with Crippen molar-refractivity contribution in [2.24, 2.45) is 0 Å². The molecule has 0 unspecified atom stereocenters. The Kier molecular flexibility index (Phi) is 2.42. The van der Waals surface area contributed by atoms with Crippen LogP contribution in [-0.2, 0) is 6.54 Å². The molecule has 1 heterocycles. The normalized spacial score (nSPS) is 10.0. The maximum absolute atomic E-state index is 5.46. The van der Waals surface area contributed by atoms with Crippen LogP contribution in [0.1, 0.15) is 6.92 Å². The number of halogens is 1. The molecule has 0 saturated carbocycles. The van der Waals surface area contributed by atoms with E-state index in [2.05, 4.69) is 5.10 Å². The molecule has 0 amide bonds. The van der Waals surface area contributed by atoms with Crippen LogP contribution in [0.15, 0.2) is 17.3 Å². The lowest BCUT2D eigenvalue weighted by Crippen LogP contribution is -1.91. The van der Waals surface area contributed by atoms with Crippen molar-refractivity contribution >= 4 is 21.7 Å². The standard InChI is InChI=1S/C5H7ClN2S/c1-2-8-4-5(9-6)3-7-8/h3-4H,2H2,1H3. The Labute approximate surface area is 62.7 Å². The molecule has 0 aliphatic heterocycles. The van der Waals surface area contributed by atoms with Gasteiger partial charge in [-0.25, -0.2) is 0 Å². The third-order valence-electron chi connectivity index (χ3n) is 1.02. The Morgan fingerprint density at radius 2 is 2.67 bits per heavy atom. The maximum atomic E-state index is 5.46. The summed E-state index contributed by atoms with van der Waals surface area (Å²) in [7, 11) is 6.65. The fourth-order valence-corrected chi connectivity index (χ4v) is 1.04. The van der Waals surface area contributed by atoms with Crippen molar-refractivity contribution in [1.29, 1.82) is 0 Å². The number of aromatic nitrogens is 2. The molecule has 0 spiro atoms. The molecule has 0 aliphatic rings. The van der Waals surface area contributed by atoms with Gasteiger partial charge >= 0.3 is 0 Å². The second-order valence-corrected chi connectivity index (χ2v) is 2.70. The summed E-state index contributed by atoms with van der Waals surface area (Å²) >= 11 is 0. The molecule has 0 N–H and O–H groups in total. The van der Waals surface area contributed by atoms with Gasteiger partial charge in [0.05, 0.1) is 11.1 Å². The van der Waals surface area contributed by atoms with Crippen LogP contribution in [0.2, 0.25) is 0 Å². The largest absolute Gasteiger partial charge is 0.272 e. The van der Waals surface area contributed by atoms with E-state index in [0.717, 1.165) is 11.4 Å². The summed E-state index contributed by atoms with van der Waals surface area (Å²) in [4.78, 5) is 0.999. The van der Waals surface area contributed by atoms with Crippen LogP contribution in [0, 0.1) is 0 Å². The Hall–Kier alpha value is -0.150. The van der Waals surface area contributed by atoms with E-state index in [1.54, 1.807) is 6.20 Å². The van der Waals surface area contributed by atoms with Crippen molar-refractivity contribution in [3.8, 4) is 0 Å². The Morgan fingerprint density at radius 3 is 3.00 bits per heavy atom. The highest BCUT2D eigenvalue weighted by Crippen LogP contribution is 2.19. The summed E-state index contributed by atoms with van der Waals surface area (Å²) in [6, 6.07) is 0. The van der Waals surface area contributed by atoms with Gasteiger partial charge in [-0.3, -0.25) is 4.68 Å². The van der Waals surface area contributed by atoms with E-state index in [1.807, 2.05) is 17.8 Å². The van der Waals surface area contributed by atoms with E-state index in [9.17, 15) is 0 Å². The number of nitrogens with zero attached hydrogens (tertiary/aromatic N) is 2. The molecule has 0 saturated heterocycles. The van der Waals surface area contributed by atoms with E-state index in [1.165, 1.54) is 11.0 Å². The van der Waals surface area contributed by atoms with Crippen LogP contribution in [0.4, 0.5) is 0 Å². The van der Waals surface area contributed by atoms with Crippen molar-refractivity contribution in [1.82, 2.24) is 9.78 Å². The third-order valence-corrected chi connectivity index (χ3v) is 1.95. The van der Waals surface area contributed by atoms with Gasteiger partial charge in [0.2, 0.25) is 0 Å². The SMILES string of the molecule is CCn1cc(SCl)cn1. The first-order valence-electron chi connectivity index (χ1n) is 2.68. The van der Waals surface area contributed by atoms with Crippen molar-refractivity contribution in [2.75, 3.05) is 0 Å². The average Bonchev–Trinajstić information content (AvgIpc) is 2.34. The highest BCUT2D eigenvalue weighted by atomic mass is 35.7. The highest BCUT2D eigenvalue weighted by Gasteiger charge is 1.93. The first-order valence-corrected chi connectivity index (χ1v) is 4.32. The van der Waals surface area contributed by atoms with Crippen LogP contribution in [0.25, 0.3) is 0 Å². The second kappa shape index (κ2) is 3.13. The summed E-state index contributed by atoms with van der Waals surface area (Å²) in [5.41, 5.74) is 0. The number of aryl methyl sites for hydroxylation is 1. The molecule has 1 aromatic rings.